The van der Waals surface area contributed by atoms with Crippen LogP contribution in [0, 0.1) is 0 Å². The average molecular weight is 235 g/mol. The van der Waals surface area contributed by atoms with Crippen LogP contribution in [0.2, 0.25) is 0 Å². The number of pyridine rings is 1. The van der Waals surface area contributed by atoms with Crippen LogP contribution in [0.15, 0.2) is 18.3 Å². The van der Waals surface area contributed by atoms with Crippen LogP contribution >= 0.6 is 0 Å². The van der Waals surface area contributed by atoms with Gasteiger partial charge in [-0.05, 0) is 44.5 Å². The summed E-state index contributed by atoms with van der Waals surface area (Å²) in [5.74, 6) is 0.680. The van der Waals surface area contributed by atoms with Crippen LogP contribution in [0.25, 0.3) is 0 Å². The van der Waals surface area contributed by atoms with E-state index in [4.69, 9.17) is 10.5 Å². The first kappa shape index (κ1) is 12.3. The zero-order valence-corrected chi connectivity index (χ0v) is 10.4. The molecule has 4 heteroatoms. The van der Waals surface area contributed by atoms with Gasteiger partial charge in [0.15, 0.2) is 0 Å². The Morgan fingerprint density at radius 1 is 1.47 bits per heavy atom. The van der Waals surface area contributed by atoms with Gasteiger partial charge in [0.2, 0.25) is 5.88 Å². The molecule has 1 aromatic heterocycles. The van der Waals surface area contributed by atoms with Gasteiger partial charge in [-0.15, -0.1) is 0 Å². The number of ether oxygens (including phenoxy) is 1. The third-order valence-corrected chi connectivity index (χ3v) is 3.14. The Balaban J connectivity index is 1.79. The fourth-order valence-corrected chi connectivity index (χ4v) is 2.07. The molecule has 0 radical (unpaired) electrons. The van der Waals surface area contributed by atoms with E-state index in [9.17, 15) is 0 Å². The molecular formula is C13H21N3O. The smallest absolute Gasteiger partial charge is 0.213 e. The Hall–Kier alpha value is -1.13. The number of hydrogen-bond acceptors (Lipinski definition) is 4. The van der Waals surface area contributed by atoms with Crippen LogP contribution in [0.4, 0.5) is 0 Å². The van der Waals surface area contributed by atoms with E-state index in [1.165, 1.54) is 25.9 Å². The van der Waals surface area contributed by atoms with Crippen LogP contribution < -0.4 is 10.5 Å². The van der Waals surface area contributed by atoms with Gasteiger partial charge in [0.25, 0.3) is 0 Å². The van der Waals surface area contributed by atoms with Crippen molar-refractivity contribution in [3.8, 4) is 5.88 Å². The average Bonchev–Trinajstić information content (AvgIpc) is 2.82. The molecule has 0 amide bonds. The molecule has 1 aliphatic heterocycles. The molecule has 1 fully saturated rings. The number of hydrogen-bond donors (Lipinski definition) is 1. The number of likely N-dealkylation sites (tertiary alicyclic amines) is 1. The summed E-state index contributed by atoms with van der Waals surface area (Å²) < 4.78 is 5.65. The monoisotopic (exact) mass is 235 g/mol. The van der Waals surface area contributed by atoms with E-state index >= 15 is 0 Å². The highest BCUT2D eigenvalue weighted by Gasteiger charge is 2.11. The molecule has 2 heterocycles. The second kappa shape index (κ2) is 5.98. The first-order chi connectivity index (χ1) is 8.25. The molecule has 0 aliphatic carbocycles. The molecule has 1 aliphatic rings. The van der Waals surface area contributed by atoms with Crippen molar-refractivity contribution in [1.29, 1.82) is 0 Å². The van der Waals surface area contributed by atoms with Gasteiger partial charge < -0.3 is 10.5 Å². The molecule has 2 rings (SSSR count). The molecule has 4 nitrogen and oxygen atoms in total. The van der Waals surface area contributed by atoms with Crippen molar-refractivity contribution in [2.24, 2.45) is 5.73 Å². The molecule has 17 heavy (non-hydrogen) atoms. The van der Waals surface area contributed by atoms with Crippen molar-refractivity contribution in [3.63, 3.8) is 0 Å². The predicted octanol–water partition coefficient (Wildman–Crippen LogP) is 1.58. The molecule has 0 aromatic carbocycles. The van der Waals surface area contributed by atoms with E-state index in [1.54, 1.807) is 6.20 Å². The fraction of sp³-hybridized carbons (Fsp3) is 0.615. The normalized spacial score (nSPS) is 18.2. The summed E-state index contributed by atoms with van der Waals surface area (Å²) >= 11 is 0. The Bertz CT molecular complexity index is 348. The Labute approximate surface area is 103 Å². The lowest BCUT2D eigenvalue weighted by Crippen LogP contribution is -2.25. The minimum Gasteiger partial charge on any atom is -0.476 e. The van der Waals surface area contributed by atoms with E-state index in [-0.39, 0.29) is 6.04 Å². The van der Waals surface area contributed by atoms with E-state index in [2.05, 4.69) is 9.88 Å². The quantitative estimate of drug-likeness (QED) is 0.841. The SMILES string of the molecule is C[C@@H](N)c1ccnc(OCCN2CCCC2)c1. The largest absolute Gasteiger partial charge is 0.476 e. The highest BCUT2D eigenvalue weighted by Crippen LogP contribution is 2.14. The molecule has 0 bridgehead atoms. The molecule has 0 unspecified atom stereocenters. The van der Waals surface area contributed by atoms with Gasteiger partial charge in [-0.25, -0.2) is 4.98 Å². The molecule has 1 saturated heterocycles. The predicted molar refractivity (Wildman–Crippen MR) is 68.0 cm³/mol. The first-order valence-electron chi connectivity index (χ1n) is 6.32. The summed E-state index contributed by atoms with van der Waals surface area (Å²) in [4.78, 5) is 6.62. The van der Waals surface area contributed by atoms with E-state index in [0.717, 1.165) is 12.1 Å². The molecule has 1 aromatic rings. The maximum atomic E-state index is 5.82. The van der Waals surface area contributed by atoms with Gasteiger partial charge in [-0.1, -0.05) is 0 Å². The van der Waals surface area contributed by atoms with Crippen LogP contribution in [-0.4, -0.2) is 36.1 Å². The number of rotatable bonds is 5. The van der Waals surface area contributed by atoms with Gasteiger partial charge >= 0.3 is 0 Å². The lowest BCUT2D eigenvalue weighted by molar-refractivity contribution is 0.232. The van der Waals surface area contributed by atoms with Crippen LogP contribution in [-0.2, 0) is 0 Å². The summed E-state index contributed by atoms with van der Waals surface area (Å²) in [5.41, 5.74) is 6.89. The zero-order chi connectivity index (χ0) is 12.1. The lowest BCUT2D eigenvalue weighted by Gasteiger charge is -2.15. The Kier molecular flexibility index (Phi) is 4.34. The maximum absolute atomic E-state index is 5.82. The van der Waals surface area contributed by atoms with Crippen molar-refractivity contribution in [3.05, 3.63) is 23.9 Å². The van der Waals surface area contributed by atoms with Crippen molar-refractivity contribution < 1.29 is 4.74 Å². The van der Waals surface area contributed by atoms with Gasteiger partial charge in [-0.3, -0.25) is 4.90 Å². The van der Waals surface area contributed by atoms with Crippen molar-refractivity contribution >= 4 is 0 Å². The second-order valence-corrected chi connectivity index (χ2v) is 4.61. The molecule has 0 spiro atoms. The van der Waals surface area contributed by atoms with Crippen molar-refractivity contribution in [2.45, 2.75) is 25.8 Å². The van der Waals surface area contributed by atoms with Crippen LogP contribution in [0.1, 0.15) is 31.4 Å². The van der Waals surface area contributed by atoms with Gasteiger partial charge in [0.1, 0.15) is 6.61 Å². The van der Waals surface area contributed by atoms with E-state index in [0.29, 0.717) is 12.5 Å². The maximum Gasteiger partial charge on any atom is 0.213 e. The van der Waals surface area contributed by atoms with Crippen LogP contribution in [0.5, 0.6) is 5.88 Å². The van der Waals surface area contributed by atoms with Gasteiger partial charge in [0.05, 0.1) is 0 Å². The summed E-state index contributed by atoms with van der Waals surface area (Å²) in [5, 5.41) is 0. The van der Waals surface area contributed by atoms with Crippen molar-refractivity contribution in [1.82, 2.24) is 9.88 Å². The van der Waals surface area contributed by atoms with E-state index < -0.39 is 0 Å². The first-order valence-corrected chi connectivity index (χ1v) is 6.32. The number of aromatic nitrogens is 1. The minimum absolute atomic E-state index is 0.0268. The molecule has 94 valence electrons. The zero-order valence-electron chi connectivity index (χ0n) is 10.4. The van der Waals surface area contributed by atoms with E-state index in [1.807, 2.05) is 19.1 Å². The van der Waals surface area contributed by atoms with Crippen molar-refractivity contribution in [2.75, 3.05) is 26.2 Å². The minimum atomic E-state index is 0.0268. The van der Waals surface area contributed by atoms with Crippen LogP contribution in [0.3, 0.4) is 0 Å². The Morgan fingerprint density at radius 2 is 2.24 bits per heavy atom. The third kappa shape index (κ3) is 3.68. The molecular weight excluding hydrogens is 214 g/mol. The molecule has 2 N–H and O–H groups in total. The second-order valence-electron chi connectivity index (χ2n) is 4.61. The number of nitrogens with zero attached hydrogens (tertiary/aromatic N) is 2. The Morgan fingerprint density at radius 3 is 2.94 bits per heavy atom. The topological polar surface area (TPSA) is 51.4 Å². The summed E-state index contributed by atoms with van der Waals surface area (Å²) in [6.07, 6.45) is 4.39. The standard InChI is InChI=1S/C13H21N3O/c1-11(14)12-4-5-15-13(10-12)17-9-8-16-6-2-3-7-16/h4-5,10-11H,2-3,6-9,14H2,1H3/t11-/m1/s1. The molecule has 0 saturated carbocycles. The highest BCUT2D eigenvalue weighted by molar-refractivity contribution is 5.22. The summed E-state index contributed by atoms with van der Waals surface area (Å²) in [6.45, 7) is 6.07. The number of nitrogens with two attached hydrogens (primary N) is 1. The fourth-order valence-electron chi connectivity index (χ4n) is 2.07. The third-order valence-electron chi connectivity index (χ3n) is 3.14. The van der Waals surface area contributed by atoms with Gasteiger partial charge in [0, 0.05) is 24.8 Å². The summed E-state index contributed by atoms with van der Waals surface area (Å²) in [6, 6.07) is 3.88. The highest BCUT2D eigenvalue weighted by atomic mass is 16.5. The lowest BCUT2D eigenvalue weighted by atomic mass is 10.1. The van der Waals surface area contributed by atoms with Gasteiger partial charge in [-0.2, -0.15) is 0 Å². The molecule has 1 atom stereocenters. The summed E-state index contributed by atoms with van der Waals surface area (Å²) in [7, 11) is 0.